The molecule has 3 aromatic carbocycles. The molecule has 148 valence electrons. The Morgan fingerprint density at radius 2 is 1.79 bits per heavy atom. The van der Waals surface area contributed by atoms with Crippen LogP contribution in [-0.2, 0) is 14.3 Å². The zero-order valence-electron chi connectivity index (χ0n) is 16.1. The van der Waals surface area contributed by atoms with Crippen LogP contribution in [0.2, 0.25) is 0 Å². The summed E-state index contributed by atoms with van der Waals surface area (Å²) < 4.78 is 23.6. The molecule has 0 saturated heterocycles. The molecule has 29 heavy (non-hydrogen) atoms. The van der Waals surface area contributed by atoms with Gasteiger partial charge in [0.25, 0.3) is 5.91 Å². The predicted octanol–water partition coefficient (Wildman–Crippen LogP) is 4.49. The predicted molar refractivity (Wildman–Crippen MR) is 110 cm³/mol. The minimum absolute atomic E-state index is 0.303. The largest absolute Gasteiger partial charge is 0.497 e. The molecular formula is C23H20FNO4. The van der Waals surface area contributed by atoms with Gasteiger partial charge in [-0.15, -0.1) is 0 Å². The molecule has 3 aromatic rings. The third-order valence-electron chi connectivity index (χ3n) is 4.28. The summed E-state index contributed by atoms with van der Waals surface area (Å²) in [7, 11) is 1.61. The van der Waals surface area contributed by atoms with Gasteiger partial charge in [0.2, 0.25) is 0 Å². The maximum atomic E-state index is 13.5. The highest BCUT2D eigenvalue weighted by atomic mass is 19.1. The minimum Gasteiger partial charge on any atom is -0.497 e. The molecule has 0 saturated carbocycles. The van der Waals surface area contributed by atoms with Gasteiger partial charge in [0.1, 0.15) is 11.6 Å². The van der Waals surface area contributed by atoms with Crippen LogP contribution in [-0.4, -0.2) is 25.6 Å². The van der Waals surface area contributed by atoms with E-state index in [2.05, 4.69) is 5.32 Å². The number of aryl methyl sites for hydroxylation is 1. The monoisotopic (exact) mass is 393 g/mol. The van der Waals surface area contributed by atoms with Crippen LogP contribution in [0.15, 0.2) is 60.7 Å². The quantitative estimate of drug-likeness (QED) is 0.495. The number of carbonyl (C=O) groups excluding carboxylic acids is 2. The fourth-order valence-corrected chi connectivity index (χ4v) is 2.69. The maximum Gasteiger partial charge on any atom is 0.331 e. The van der Waals surface area contributed by atoms with E-state index in [4.69, 9.17) is 9.47 Å². The first kappa shape index (κ1) is 20.1. The van der Waals surface area contributed by atoms with Crippen molar-refractivity contribution in [1.82, 2.24) is 0 Å². The number of methoxy groups -OCH3 is 1. The molecule has 1 N–H and O–H groups in total. The normalized spacial score (nSPS) is 10.9. The van der Waals surface area contributed by atoms with Crippen molar-refractivity contribution in [3.63, 3.8) is 0 Å². The third kappa shape index (κ3) is 5.42. The second-order valence-electron chi connectivity index (χ2n) is 6.43. The van der Waals surface area contributed by atoms with Gasteiger partial charge in [-0.1, -0.05) is 24.3 Å². The van der Waals surface area contributed by atoms with Crippen LogP contribution in [0.25, 0.3) is 16.8 Å². The molecule has 0 aliphatic rings. The van der Waals surface area contributed by atoms with Gasteiger partial charge in [-0.3, -0.25) is 4.79 Å². The van der Waals surface area contributed by atoms with Crippen LogP contribution in [0.5, 0.6) is 5.75 Å². The van der Waals surface area contributed by atoms with Crippen molar-refractivity contribution >= 4 is 34.4 Å². The minimum atomic E-state index is -0.648. The highest BCUT2D eigenvalue weighted by Crippen LogP contribution is 2.22. The summed E-state index contributed by atoms with van der Waals surface area (Å²) in [5.41, 5.74) is 1.60. The summed E-state index contributed by atoms with van der Waals surface area (Å²) in [5, 5.41) is 4.51. The summed E-state index contributed by atoms with van der Waals surface area (Å²) in [6.07, 6.45) is 2.86. The van der Waals surface area contributed by atoms with Gasteiger partial charge in [0.15, 0.2) is 6.61 Å². The Morgan fingerprint density at radius 3 is 2.55 bits per heavy atom. The van der Waals surface area contributed by atoms with E-state index in [1.807, 2.05) is 36.4 Å². The Hall–Kier alpha value is -3.67. The number of hydrogen-bond donors (Lipinski definition) is 1. The van der Waals surface area contributed by atoms with Crippen LogP contribution >= 0.6 is 0 Å². The molecule has 5 nitrogen and oxygen atoms in total. The topological polar surface area (TPSA) is 64.6 Å². The number of carbonyl (C=O) groups is 2. The Labute approximate surface area is 167 Å². The molecule has 0 atom stereocenters. The van der Waals surface area contributed by atoms with Crippen molar-refractivity contribution in [1.29, 1.82) is 0 Å². The number of hydrogen-bond acceptors (Lipinski definition) is 4. The standard InChI is InChI=1S/C23H20FNO4/c1-15-3-8-19(13-21(15)24)25-22(26)14-29-23(27)10-5-16-4-6-18-12-20(28-2)9-7-17(18)11-16/h3-13H,14H2,1-2H3,(H,25,26)/b10-5+. The number of ether oxygens (including phenoxy) is 2. The molecule has 0 aromatic heterocycles. The van der Waals surface area contributed by atoms with Crippen LogP contribution in [0.1, 0.15) is 11.1 Å². The maximum absolute atomic E-state index is 13.5. The van der Waals surface area contributed by atoms with E-state index in [9.17, 15) is 14.0 Å². The molecule has 0 unspecified atom stereocenters. The number of amides is 1. The highest BCUT2D eigenvalue weighted by Gasteiger charge is 2.07. The average molecular weight is 393 g/mol. The molecule has 0 radical (unpaired) electrons. The lowest BCUT2D eigenvalue weighted by molar-refractivity contribution is -0.142. The number of fused-ring (bicyclic) bond motifs is 1. The summed E-state index contributed by atoms with van der Waals surface area (Å²) in [6, 6.07) is 15.8. The first-order valence-electron chi connectivity index (χ1n) is 8.93. The van der Waals surface area contributed by atoms with Crippen molar-refractivity contribution in [2.45, 2.75) is 6.92 Å². The summed E-state index contributed by atoms with van der Waals surface area (Å²) in [6.45, 7) is 1.16. The van der Waals surface area contributed by atoms with E-state index in [-0.39, 0.29) is 0 Å². The summed E-state index contributed by atoms with van der Waals surface area (Å²) in [5.74, 6) is -0.840. The van der Waals surface area contributed by atoms with E-state index < -0.39 is 24.3 Å². The van der Waals surface area contributed by atoms with Crippen molar-refractivity contribution in [3.8, 4) is 5.75 Å². The van der Waals surface area contributed by atoms with E-state index in [1.165, 1.54) is 12.1 Å². The van der Waals surface area contributed by atoms with Crippen LogP contribution in [0.3, 0.4) is 0 Å². The van der Waals surface area contributed by atoms with Gasteiger partial charge >= 0.3 is 5.97 Å². The Kier molecular flexibility index (Phi) is 6.24. The van der Waals surface area contributed by atoms with Crippen molar-refractivity contribution in [3.05, 3.63) is 77.6 Å². The molecule has 0 spiro atoms. The lowest BCUT2D eigenvalue weighted by Crippen LogP contribution is -2.20. The summed E-state index contributed by atoms with van der Waals surface area (Å²) >= 11 is 0. The number of benzene rings is 3. The van der Waals surface area contributed by atoms with E-state index in [0.717, 1.165) is 22.1 Å². The Balaban J connectivity index is 1.54. The Bertz CT molecular complexity index is 1090. The second kappa shape index (κ2) is 9.01. The highest BCUT2D eigenvalue weighted by molar-refractivity contribution is 5.95. The van der Waals surface area contributed by atoms with E-state index >= 15 is 0 Å². The van der Waals surface area contributed by atoms with Crippen LogP contribution in [0.4, 0.5) is 10.1 Å². The molecule has 0 heterocycles. The lowest BCUT2D eigenvalue weighted by atomic mass is 10.1. The summed E-state index contributed by atoms with van der Waals surface area (Å²) in [4.78, 5) is 23.7. The van der Waals surface area contributed by atoms with Gasteiger partial charge in [-0.25, -0.2) is 9.18 Å². The van der Waals surface area contributed by atoms with Crippen molar-refractivity contribution in [2.24, 2.45) is 0 Å². The lowest BCUT2D eigenvalue weighted by Gasteiger charge is -2.06. The van der Waals surface area contributed by atoms with Gasteiger partial charge < -0.3 is 14.8 Å². The Morgan fingerprint density at radius 1 is 1.03 bits per heavy atom. The molecule has 3 rings (SSSR count). The first-order chi connectivity index (χ1) is 13.9. The van der Waals surface area contributed by atoms with Gasteiger partial charge in [-0.2, -0.15) is 0 Å². The number of nitrogens with one attached hydrogen (secondary N) is 1. The molecule has 0 bridgehead atoms. The number of rotatable bonds is 6. The number of halogens is 1. The van der Waals surface area contributed by atoms with Crippen molar-refractivity contribution in [2.75, 3.05) is 19.0 Å². The first-order valence-corrected chi connectivity index (χ1v) is 8.93. The number of esters is 1. The molecule has 6 heteroatoms. The van der Waals surface area contributed by atoms with E-state index in [1.54, 1.807) is 32.2 Å². The van der Waals surface area contributed by atoms with Crippen LogP contribution in [0, 0.1) is 12.7 Å². The van der Waals surface area contributed by atoms with Gasteiger partial charge in [0, 0.05) is 11.8 Å². The third-order valence-corrected chi connectivity index (χ3v) is 4.28. The molecule has 1 amide bonds. The second-order valence-corrected chi connectivity index (χ2v) is 6.43. The van der Waals surface area contributed by atoms with Gasteiger partial charge in [0.05, 0.1) is 7.11 Å². The smallest absolute Gasteiger partial charge is 0.331 e. The zero-order valence-corrected chi connectivity index (χ0v) is 16.1. The molecular weight excluding hydrogens is 373 g/mol. The van der Waals surface area contributed by atoms with Gasteiger partial charge in [-0.05, 0) is 65.2 Å². The fourth-order valence-electron chi connectivity index (χ4n) is 2.69. The molecule has 0 aliphatic carbocycles. The molecule has 0 fully saturated rings. The fraction of sp³-hybridized carbons (Fsp3) is 0.130. The van der Waals surface area contributed by atoms with E-state index in [0.29, 0.717) is 11.3 Å². The number of anilines is 1. The molecule has 0 aliphatic heterocycles. The zero-order chi connectivity index (χ0) is 20.8. The van der Waals surface area contributed by atoms with Crippen molar-refractivity contribution < 1.29 is 23.5 Å². The SMILES string of the molecule is COc1ccc2cc(/C=C/C(=O)OCC(=O)Nc3ccc(C)c(F)c3)ccc2c1. The average Bonchev–Trinajstić information content (AvgIpc) is 2.72. The van der Waals surface area contributed by atoms with Crippen LogP contribution < -0.4 is 10.1 Å².